The molecule has 0 radical (unpaired) electrons. The van der Waals surface area contributed by atoms with Gasteiger partial charge in [0.05, 0.1) is 19.0 Å². The first-order valence-electron chi connectivity index (χ1n) is 7.81. The van der Waals surface area contributed by atoms with E-state index < -0.39 is 0 Å². The van der Waals surface area contributed by atoms with Crippen LogP contribution < -0.4 is 10.1 Å². The van der Waals surface area contributed by atoms with Crippen LogP contribution in [0.25, 0.3) is 5.69 Å². The summed E-state index contributed by atoms with van der Waals surface area (Å²) in [6, 6.07) is 14.3. The number of halogens is 1. The summed E-state index contributed by atoms with van der Waals surface area (Å²) in [4.78, 5) is 12.4. The summed E-state index contributed by atoms with van der Waals surface area (Å²) in [5, 5.41) is 7.04. The number of benzene rings is 2. The third-order valence-electron chi connectivity index (χ3n) is 3.83. The van der Waals surface area contributed by atoms with Gasteiger partial charge in [0.1, 0.15) is 5.82 Å². The summed E-state index contributed by atoms with van der Waals surface area (Å²) in [5.74, 6) is -0.304. The molecule has 0 aliphatic carbocycles. The van der Waals surface area contributed by atoms with E-state index in [1.165, 1.54) is 13.2 Å². The highest BCUT2D eigenvalue weighted by Crippen LogP contribution is 2.19. The first-order valence-corrected chi connectivity index (χ1v) is 7.81. The number of amides is 1. The highest BCUT2D eigenvalue weighted by Gasteiger charge is 2.18. The largest absolute Gasteiger partial charge is 0.493 e. The second-order valence-corrected chi connectivity index (χ2v) is 5.59. The molecule has 25 heavy (non-hydrogen) atoms. The van der Waals surface area contributed by atoms with Crippen molar-refractivity contribution in [2.24, 2.45) is 0 Å². The van der Waals surface area contributed by atoms with E-state index in [2.05, 4.69) is 10.4 Å². The SMILES string of the molecule is COc1cn(-c2ccccc2)nc1C(=O)NCc1ccc(C)c(F)c1. The Labute approximate surface area is 145 Å². The van der Waals surface area contributed by atoms with Gasteiger partial charge in [0.2, 0.25) is 0 Å². The van der Waals surface area contributed by atoms with Gasteiger partial charge < -0.3 is 10.1 Å². The molecule has 1 N–H and O–H groups in total. The number of aryl methyl sites for hydroxylation is 1. The Bertz CT molecular complexity index is 891. The molecule has 1 aromatic heterocycles. The van der Waals surface area contributed by atoms with Crippen molar-refractivity contribution in [2.75, 3.05) is 7.11 Å². The van der Waals surface area contributed by atoms with Crippen LogP contribution >= 0.6 is 0 Å². The molecule has 0 fully saturated rings. The Balaban J connectivity index is 1.77. The molecule has 2 aromatic carbocycles. The van der Waals surface area contributed by atoms with Gasteiger partial charge in [0, 0.05) is 6.54 Å². The van der Waals surface area contributed by atoms with Crippen LogP contribution in [-0.4, -0.2) is 22.8 Å². The van der Waals surface area contributed by atoms with Crippen molar-refractivity contribution in [3.63, 3.8) is 0 Å². The van der Waals surface area contributed by atoms with Crippen LogP contribution in [0.1, 0.15) is 21.6 Å². The van der Waals surface area contributed by atoms with Crippen molar-refractivity contribution < 1.29 is 13.9 Å². The van der Waals surface area contributed by atoms with Crippen LogP contribution in [-0.2, 0) is 6.54 Å². The van der Waals surface area contributed by atoms with Gasteiger partial charge >= 0.3 is 0 Å². The van der Waals surface area contributed by atoms with Gasteiger partial charge in [-0.2, -0.15) is 5.10 Å². The minimum atomic E-state index is -0.382. The standard InChI is InChI=1S/C19H18FN3O2/c1-13-8-9-14(10-16(13)20)11-21-19(24)18-17(25-2)12-23(22-18)15-6-4-3-5-7-15/h3-10,12H,11H2,1-2H3,(H,21,24). The van der Waals surface area contributed by atoms with Gasteiger partial charge in [0.15, 0.2) is 11.4 Å². The molecule has 0 aliphatic heterocycles. The topological polar surface area (TPSA) is 56.2 Å². The van der Waals surface area contributed by atoms with Gasteiger partial charge in [-0.05, 0) is 36.2 Å². The molecular formula is C19H18FN3O2. The van der Waals surface area contributed by atoms with Crippen molar-refractivity contribution in [3.8, 4) is 11.4 Å². The summed E-state index contributed by atoms with van der Waals surface area (Å²) < 4.78 is 20.4. The second kappa shape index (κ2) is 7.17. The summed E-state index contributed by atoms with van der Waals surface area (Å²) in [5.41, 5.74) is 2.25. The fraction of sp³-hybridized carbons (Fsp3) is 0.158. The Morgan fingerprint density at radius 2 is 2.00 bits per heavy atom. The van der Waals surface area contributed by atoms with Crippen LogP contribution in [0.4, 0.5) is 4.39 Å². The second-order valence-electron chi connectivity index (χ2n) is 5.59. The molecule has 5 nitrogen and oxygen atoms in total. The number of aromatic nitrogens is 2. The van der Waals surface area contributed by atoms with Crippen LogP contribution in [0.5, 0.6) is 5.75 Å². The zero-order chi connectivity index (χ0) is 17.8. The van der Waals surface area contributed by atoms with E-state index in [1.54, 1.807) is 29.9 Å². The maximum atomic E-state index is 13.6. The molecule has 0 atom stereocenters. The highest BCUT2D eigenvalue weighted by atomic mass is 19.1. The fourth-order valence-electron chi connectivity index (χ4n) is 2.39. The number of carbonyl (C=O) groups excluding carboxylic acids is 1. The van der Waals surface area contributed by atoms with E-state index >= 15 is 0 Å². The molecule has 3 aromatic rings. The third-order valence-corrected chi connectivity index (χ3v) is 3.83. The van der Waals surface area contributed by atoms with E-state index in [0.29, 0.717) is 16.9 Å². The molecule has 0 saturated heterocycles. The molecule has 0 saturated carbocycles. The smallest absolute Gasteiger partial charge is 0.275 e. The van der Waals surface area contributed by atoms with Crippen LogP contribution in [0, 0.1) is 12.7 Å². The molecule has 0 spiro atoms. The van der Waals surface area contributed by atoms with E-state index in [-0.39, 0.29) is 24.0 Å². The summed E-state index contributed by atoms with van der Waals surface area (Å²) >= 11 is 0. The van der Waals surface area contributed by atoms with E-state index in [9.17, 15) is 9.18 Å². The number of nitrogens with one attached hydrogen (secondary N) is 1. The molecule has 128 valence electrons. The monoisotopic (exact) mass is 339 g/mol. The molecule has 1 amide bonds. The average molecular weight is 339 g/mol. The number of methoxy groups -OCH3 is 1. The Morgan fingerprint density at radius 1 is 1.24 bits per heavy atom. The third kappa shape index (κ3) is 3.68. The number of rotatable bonds is 5. The predicted octanol–water partition coefficient (Wildman–Crippen LogP) is 3.26. The Hall–Kier alpha value is -3.15. The number of para-hydroxylation sites is 1. The van der Waals surface area contributed by atoms with Crippen LogP contribution in [0.15, 0.2) is 54.7 Å². The maximum absolute atomic E-state index is 13.6. The fourth-order valence-corrected chi connectivity index (χ4v) is 2.39. The number of nitrogens with zero attached hydrogens (tertiary/aromatic N) is 2. The lowest BCUT2D eigenvalue weighted by atomic mass is 10.1. The van der Waals surface area contributed by atoms with Gasteiger partial charge in [0.25, 0.3) is 5.91 Å². The number of ether oxygens (including phenoxy) is 1. The zero-order valence-corrected chi connectivity index (χ0v) is 14.0. The lowest BCUT2D eigenvalue weighted by Crippen LogP contribution is -2.24. The van der Waals surface area contributed by atoms with E-state index in [4.69, 9.17) is 4.74 Å². The number of hydrogen-bond donors (Lipinski definition) is 1. The molecule has 6 heteroatoms. The minimum absolute atomic E-state index is 0.180. The lowest BCUT2D eigenvalue weighted by Gasteiger charge is -2.06. The molecule has 0 bridgehead atoms. The molecular weight excluding hydrogens is 321 g/mol. The van der Waals surface area contributed by atoms with E-state index in [1.807, 2.05) is 30.3 Å². The first-order chi connectivity index (χ1) is 12.1. The van der Waals surface area contributed by atoms with Crippen molar-refractivity contribution in [1.82, 2.24) is 15.1 Å². The molecule has 3 rings (SSSR count). The summed E-state index contributed by atoms with van der Waals surface area (Å²) in [6.07, 6.45) is 1.65. The average Bonchev–Trinajstić information content (AvgIpc) is 3.08. The van der Waals surface area contributed by atoms with Crippen LogP contribution in [0.3, 0.4) is 0 Å². The summed E-state index contributed by atoms with van der Waals surface area (Å²) in [6.45, 7) is 1.90. The van der Waals surface area contributed by atoms with Crippen molar-refractivity contribution in [1.29, 1.82) is 0 Å². The minimum Gasteiger partial charge on any atom is -0.493 e. The predicted molar refractivity (Wildman–Crippen MR) is 92.4 cm³/mol. The Kier molecular flexibility index (Phi) is 4.79. The number of hydrogen-bond acceptors (Lipinski definition) is 3. The highest BCUT2D eigenvalue weighted by molar-refractivity contribution is 5.94. The van der Waals surface area contributed by atoms with E-state index in [0.717, 1.165) is 5.69 Å². The van der Waals surface area contributed by atoms with Gasteiger partial charge in [-0.1, -0.05) is 30.3 Å². The first kappa shape index (κ1) is 16.7. The van der Waals surface area contributed by atoms with Gasteiger partial charge in [-0.25, -0.2) is 9.07 Å². The summed E-state index contributed by atoms with van der Waals surface area (Å²) in [7, 11) is 1.48. The molecule has 0 aliphatic rings. The van der Waals surface area contributed by atoms with Gasteiger partial charge in [-0.15, -0.1) is 0 Å². The van der Waals surface area contributed by atoms with Gasteiger partial charge in [-0.3, -0.25) is 4.79 Å². The normalized spacial score (nSPS) is 10.5. The van der Waals surface area contributed by atoms with Crippen molar-refractivity contribution >= 4 is 5.91 Å². The number of carbonyl (C=O) groups is 1. The molecule has 1 heterocycles. The quantitative estimate of drug-likeness (QED) is 0.776. The lowest BCUT2D eigenvalue weighted by molar-refractivity contribution is 0.0942. The maximum Gasteiger partial charge on any atom is 0.275 e. The van der Waals surface area contributed by atoms with Crippen molar-refractivity contribution in [2.45, 2.75) is 13.5 Å². The van der Waals surface area contributed by atoms with Crippen LogP contribution in [0.2, 0.25) is 0 Å². The zero-order valence-electron chi connectivity index (χ0n) is 14.0. The Morgan fingerprint density at radius 3 is 2.68 bits per heavy atom. The van der Waals surface area contributed by atoms with Crippen molar-refractivity contribution in [3.05, 3.63) is 77.4 Å². The molecule has 0 unspecified atom stereocenters.